The van der Waals surface area contributed by atoms with Crippen LogP contribution in [-0.4, -0.2) is 71.4 Å². The number of aliphatic hydroxyl groups excluding tert-OH is 2. The maximum Gasteiger partial charge on any atom is 0.335 e. The van der Waals surface area contributed by atoms with E-state index in [-0.39, 0.29) is 30.3 Å². The van der Waals surface area contributed by atoms with Gasteiger partial charge in [-0.1, -0.05) is 6.07 Å². The third-order valence-corrected chi connectivity index (χ3v) is 2.18. The molecule has 0 unspecified atom stereocenters. The number of ether oxygens (including phenoxy) is 2. The van der Waals surface area contributed by atoms with Gasteiger partial charge in [0.25, 0.3) is 0 Å². The minimum absolute atomic E-state index is 0.0186. The summed E-state index contributed by atoms with van der Waals surface area (Å²) in [7, 11) is 0. The molecule has 0 atom stereocenters. The molecule has 0 saturated carbocycles. The van der Waals surface area contributed by atoms with Crippen molar-refractivity contribution in [3.05, 3.63) is 35.4 Å². The van der Waals surface area contributed by atoms with Gasteiger partial charge in [0, 0.05) is 6.92 Å². The minimum Gasteiger partial charge on any atom is -0.478 e. The van der Waals surface area contributed by atoms with Gasteiger partial charge < -0.3 is 29.9 Å². The van der Waals surface area contributed by atoms with Gasteiger partial charge in [-0.25, -0.2) is 9.59 Å². The van der Waals surface area contributed by atoms with Gasteiger partial charge in [-0.2, -0.15) is 0 Å². The molecule has 1 rings (SSSR count). The summed E-state index contributed by atoms with van der Waals surface area (Å²) in [5.74, 6) is -2.46. The lowest BCUT2D eigenvalue weighted by atomic mass is 10.1. The maximum absolute atomic E-state index is 10.4. The van der Waals surface area contributed by atoms with Gasteiger partial charge in [0.15, 0.2) is 0 Å². The molecule has 0 bridgehead atoms. The highest BCUT2D eigenvalue weighted by Gasteiger charge is 2.06. The fourth-order valence-electron chi connectivity index (χ4n) is 1.22. The number of carbonyl (C=O) groups excluding carboxylic acids is 1. The molecule has 0 saturated heterocycles. The van der Waals surface area contributed by atoms with E-state index in [0.717, 1.165) is 6.07 Å². The van der Waals surface area contributed by atoms with Crippen LogP contribution in [0, 0.1) is 0 Å². The second-order valence-electron chi connectivity index (χ2n) is 4.18. The van der Waals surface area contributed by atoms with E-state index in [0.29, 0.717) is 19.8 Å². The summed E-state index contributed by atoms with van der Waals surface area (Å²) >= 11 is 0. The molecule has 1 aromatic rings. The van der Waals surface area contributed by atoms with Crippen LogP contribution in [0.25, 0.3) is 0 Å². The van der Waals surface area contributed by atoms with Crippen LogP contribution in [0.4, 0.5) is 0 Å². The average molecular weight is 360 g/mol. The van der Waals surface area contributed by atoms with E-state index in [1.807, 2.05) is 0 Å². The molecule has 0 radical (unpaired) electrons. The number of carboxylic acids is 2. The van der Waals surface area contributed by atoms with Gasteiger partial charge in [-0.3, -0.25) is 4.79 Å². The molecule has 0 amide bonds. The molecule has 0 fully saturated rings. The minimum atomic E-state index is -1.13. The van der Waals surface area contributed by atoms with Crippen molar-refractivity contribution in [2.24, 2.45) is 0 Å². The van der Waals surface area contributed by atoms with Gasteiger partial charge >= 0.3 is 17.9 Å². The van der Waals surface area contributed by atoms with Crippen LogP contribution in [-0.2, 0) is 14.3 Å². The summed E-state index contributed by atoms with van der Waals surface area (Å²) in [6, 6.07) is 5.20. The number of esters is 1. The van der Waals surface area contributed by atoms with Crippen molar-refractivity contribution in [2.45, 2.75) is 13.8 Å². The molecule has 0 spiro atoms. The summed E-state index contributed by atoms with van der Waals surface area (Å²) in [4.78, 5) is 30.6. The standard InChI is InChI=1S/C8H6O4.C4H10O3.C4H8O2/c9-7(10)5-2-1-3-6(4-5)8(11)12;5-1-3-7-4-2-6;1-3-6-4(2)5/h1-4H,(H,9,10)(H,11,12);5-6H,1-4H2;3H2,1-2H3. The van der Waals surface area contributed by atoms with Crippen molar-refractivity contribution >= 4 is 17.9 Å². The summed E-state index contributed by atoms with van der Waals surface area (Å²) in [5.41, 5.74) is -0.0372. The number of aromatic carboxylic acids is 2. The second-order valence-corrected chi connectivity index (χ2v) is 4.18. The Balaban J connectivity index is 0. The fraction of sp³-hybridized carbons (Fsp3) is 0.438. The predicted molar refractivity (Wildman–Crippen MR) is 87.7 cm³/mol. The molecule has 9 nitrogen and oxygen atoms in total. The van der Waals surface area contributed by atoms with Gasteiger partial charge in [0.05, 0.1) is 44.2 Å². The zero-order valence-corrected chi connectivity index (χ0v) is 14.2. The first kappa shape index (κ1) is 24.8. The lowest BCUT2D eigenvalue weighted by molar-refractivity contribution is -0.140. The van der Waals surface area contributed by atoms with Crippen molar-refractivity contribution in [3.63, 3.8) is 0 Å². The van der Waals surface area contributed by atoms with Gasteiger partial charge in [0.2, 0.25) is 0 Å². The van der Waals surface area contributed by atoms with Crippen LogP contribution in [0.3, 0.4) is 0 Å². The van der Waals surface area contributed by atoms with E-state index in [2.05, 4.69) is 9.47 Å². The molecule has 0 aliphatic rings. The number of carboxylic acid groups (broad SMARTS) is 2. The molecule has 0 aliphatic heterocycles. The molecule has 0 aliphatic carbocycles. The van der Waals surface area contributed by atoms with Crippen molar-refractivity contribution < 1.29 is 44.3 Å². The monoisotopic (exact) mass is 360 g/mol. The Morgan fingerprint density at radius 1 is 0.960 bits per heavy atom. The number of hydrogen-bond donors (Lipinski definition) is 4. The zero-order chi connectivity index (χ0) is 19.7. The molecule has 1 aromatic carbocycles. The summed E-state index contributed by atoms with van der Waals surface area (Å²) in [6.07, 6.45) is 0. The summed E-state index contributed by atoms with van der Waals surface area (Å²) in [5, 5.41) is 33.2. The molecule has 4 N–H and O–H groups in total. The molecular weight excluding hydrogens is 336 g/mol. The average Bonchev–Trinajstić information content (AvgIpc) is 2.56. The predicted octanol–water partition coefficient (Wildman–Crippen LogP) is 0.640. The zero-order valence-electron chi connectivity index (χ0n) is 14.2. The first-order valence-corrected chi connectivity index (χ1v) is 7.29. The lowest BCUT2D eigenvalue weighted by Gasteiger charge is -1.95. The van der Waals surface area contributed by atoms with Gasteiger partial charge in [0.1, 0.15) is 0 Å². The first-order valence-electron chi connectivity index (χ1n) is 7.29. The summed E-state index contributed by atoms with van der Waals surface area (Å²) in [6.45, 7) is 4.35. The fourth-order valence-corrected chi connectivity index (χ4v) is 1.22. The highest BCUT2D eigenvalue weighted by molar-refractivity contribution is 5.93. The lowest BCUT2D eigenvalue weighted by Crippen LogP contribution is -2.03. The normalized spacial score (nSPS) is 8.96. The topological polar surface area (TPSA) is 151 Å². The maximum atomic E-state index is 10.4. The number of benzene rings is 1. The van der Waals surface area contributed by atoms with Crippen LogP contribution >= 0.6 is 0 Å². The Kier molecular flexibility index (Phi) is 16.2. The van der Waals surface area contributed by atoms with E-state index in [9.17, 15) is 14.4 Å². The summed E-state index contributed by atoms with van der Waals surface area (Å²) < 4.78 is 9.03. The largest absolute Gasteiger partial charge is 0.478 e. The first-order chi connectivity index (χ1) is 11.8. The number of hydrogen-bond acceptors (Lipinski definition) is 7. The quantitative estimate of drug-likeness (QED) is 0.405. The van der Waals surface area contributed by atoms with E-state index in [1.54, 1.807) is 6.92 Å². The highest BCUT2D eigenvalue weighted by atomic mass is 16.5. The molecular formula is C16H24O9. The molecule has 9 heteroatoms. The number of carbonyl (C=O) groups is 3. The Morgan fingerprint density at radius 3 is 1.64 bits per heavy atom. The molecule has 0 heterocycles. The van der Waals surface area contributed by atoms with Crippen molar-refractivity contribution in [2.75, 3.05) is 33.0 Å². The van der Waals surface area contributed by atoms with Crippen molar-refractivity contribution in [3.8, 4) is 0 Å². The van der Waals surface area contributed by atoms with E-state index in [1.165, 1.54) is 25.1 Å². The van der Waals surface area contributed by atoms with Crippen LogP contribution in [0.5, 0.6) is 0 Å². The van der Waals surface area contributed by atoms with E-state index >= 15 is 0 Å². The SMILES string of the molecule is CCOC(C)=O.O=C(O)c1cccc(C(=O)O)c1.OCCOCCO. The van der Waals surface area contributed by atoms with Crippen LogP contribution in [0.15, 0.2) is 24.3 Å². The van der Waals surface area contributed by atoms with Crippen LogP contribution in [0.2, 0.25) is 0 Å². The third-order valence-electron chi connectivity index (χ3n) is 2.18. The van der Waals surface area contributed by atoms with Crippen LogP contribution in [0.1, 0.15) is 34.6 Å². The Morgan fingerprint density at radius 2 is 1.40 bits per heavy atom. The van der Waals surface area contributed by atoms with Gasteiger partial charge in [-0.05, 0) is 25.1 Å². The van der Waals surface area contributed by atoms with Crippen LogP contribution < -0.4 is 0 Å². The molecule has 25 heavy (non-hydrogen) atoms. The molecule has 0 aromatic heterocycles. The Hall–Kier alpha value is -2.49. The second kappa shape index (κ2) is 16.4. The third kappa shape index (κ3) is 16.2. The number of rotatable bonds is 7. The Labute approximate surface area is 145 Å². The van der Waals surface area contributed by atoms with Crippen molar-refractivity contribution in [1.29, 1.82) is 0 Å². The number of aliphatic hydroxyl groups is 2. The van der Waals surface area contributed by atoms with E-state index < -0.39 is 11.9 Å². The van der Waals surface area contributed by atoms with E-state index in [4.69, 9.17) is 20.4 Å². The van der Waals surface area contributed by atoms with Gasteiger partial charge in [-0.15, -0.1) is 0 Å². The smallest absolute Gasteiger partial charge is 0.335 e. The van der Waals surface area contributed by atoms with Crippen molar-refractivity contribution in [1.82, 2.24) is 0 Å². The molecule has 142 valence electrons. The Bertz CT molecular complexity index is 481. The highest BCUT2D eigenvalue weighted by Crippen LogP contribution is 2.04.